The molecule has 6 heteroatoms. The van der Waals surface area contributed by atoms with Gasteiger partial charge in [-0.1, -0.05) is 0 Å². The number of aromatic nitrogens is 1. The van der Waals surface area contributed by atoms with Crippen LogP contribution in [-0.2, 0) is 6.54 Å². The Hall–Kier alpha value is -1.82. The standard InChI is InChI=1S/C9H12N2O4/c12-1-2-15-8-3-7(4-10-6-8)5-11-9(13)14/h3-4,6,11-12H,1-2,5H2,(H,13,14). The number of ether oxygens (including phenoxy) is 1. The normalized spacial score (nSPS) is 9.67. The molecule has 1 aromatic heterocycles. The van der Waals surface area contributed by atoms with Gasteiger partial charge < -0.3 is 20.3 Å². The molecule has 6 nitrogen and oxygen atoms in total. The molecule has 0 atom stereocenters. The Bertz CT molecular complexity index is 330. The highest BCUT2D eigenvalue weighted by Crippen LogP contribution is 2.10. The van der Waals surface area contributed by atoms with Crippen LogP contribution >= 0.6 is 0 Å². The third-order valence-electron chi connectivity index (χ3n) is 1.57. The van der Waals surface area contributed by atoms with E-state index in [0.29, 0.717) is 11.3 Å². The summed E-state index contributed by atoms with van der Waals surface area (Å²) in [5.74, 6) is 0.508. The van der Waals surface area contributed by atoms with Crippen LogP contribution in [0.2, 0.25) is 0 Å². The molecule has 0 spiro atoms. The van der Waals surface area contributed by atoms with Crippen LogP contribution in [0.5, 0.6) is 5.75 Å². The Labute approximate surface area is 86.5 Å². The highest BCUT2D eigenvalue weighted by Gasteiger charge is 1.99. The highest BCUT2D eigenvalue weighted by molar-refractivity contribution is 5.64. The van der Waals surface area contributed by atoms with E-state index in [1.807, 2.05) is 0 Å². The molecule has 1 amide bonds. The summed E-state index contributed by atoms with van der Waals surface area (Å²) in [7, 11) is 0. The molecule has 0 aromatic carbocycles. The van der Waals surface area contributed by atoms with E-state index in [2.05, 4.69) is 10.3 Å². The molecule has 3 N–H and O–H groups in total. The van der Waals surface area contributed by atoms with Crippen molar-refractivity contribution in [1.29, 1.82) is 0 Å². The molecule has 0 saturated heterocycles. The topological polar surface area (TPSA) is 91.7 Å². The lowest BCUT2D eigenvalue weighted by Crippen LogP contribution is -2.20. The molecule has 0 fully saturated rings. The fourth-order valence-electron chi connectivity index (χ4n) is 0.981. The second-order valence-corrected chi connectivity index (χ2v) is 2.76. The molecule has 1 aromatic rings. The molecule has 0 aliphatic heterocycles. The summed E-state index contributed by atoms with van der Waals surface area (Å²) in [5.41, 5.74) is 0.702. The number of nitrogens with zero attached hydrogens (tertiary/aromatic N) is 1. The predicted octanol–water partition coefficient (Wildman–Crippen LogP) is 0.220. The zero-order valence-electron chi connectivity index (χ0n) is 8.01. The van der Waals surface area contributed by atoms with Gasteiger partial charge in [-0.2, -0.15) is 0 Å². The number of hydrogen-bond acceptors (Lipinski definition) is 4. The fraction of sp³-hybridized carbons (Fsp3) is 0.333. The summed E-state index contributed by atoms with van der Waals surface area (Å²) in [6.45, 7) is 0.299. The molecule has 1 rings (SSSR count). The summed E-state index contributed by atoms with van der Waals surface area (Å²) >= 11 is 0. The van der Waals surface area contributed by atoms with E-state index in [1.165, 1.54) is 6.20 Å². The van der Waals surface area contributed by atoms with Crippen molar-refractivity contribution >= 4 is 6.09 Å². The fourth-order valence-corrected chi connectivity index (χ4v) is 0.981. The first-order chi connectivity index (χ1) is 7.22. The van der Waals surface area contributed by atoms with Crippen LogP contribution in [0.25, 0.3) is 0 Å². The zero-order chi connectivity index (χ0) is 11.1. The first kappa shape index (κ1) is 11.3. The second kappa shape index (κ2) is 5.82. The zero-order valence-corrected chi connectivity index (χ0v) is 8.01. The minimum atomic E-state index is -1.09. The third-order valence-corrected chi connectivity index (χ3v) is 1.57. The Morgan fingerprint density at radius 3 is 3.00 bits per heavy atom. The molecule has 0 radical (unpaired) electrons. The lowest BCUT2D eigenvalue weighted by Gasteiger charge is -2.05. The average molecular weight is 212 g/mol. The number of hydrogen-bond donors (Lipinski definition) is 3. The van der Waals surface area contributed by atoms with Gasteiger partial charge in [-0.25, -0.2) is 4.79 Å². The first-order valence-corrected chi connectivity index (χ1v) is 4.36. The van der Waals surface area contributed by atoms with Gasteiger partial charge in [-0.05, 0) is 11.6 Å². The summed E-state index contributed by atoms with van der Waals surface area (Å²) in [6.07, 6.45) is 1.96. The van der Waals surface area contributed by atoms with Gasteiger partial charge >= 0.3 is 6.09 Å². The molecule has 0 unspecified atom stereocenters. The Morgan fingerprint density at radius 1 is 1.53 bits per heavy atom. The second-order valence-electron chi connectivity index (χ2n) is 2.76. The average Bonchev–Trinajstić information content (AvgIpc) is 2.24. The van der Waals surface area contributed by atoms with E-state index < -0.39 is 6.09 Å². The van der Waals surface area contributed by atoms with Crippen LogP contribution in [0.4, 0.5) is 4.79 Å². The minimum Gasteiger partial charge on any atom is -0.490 e. The van der Waals surface area contributed by atoms with Gasteiger partial charge in [0.05, 0.1) is 12.8 Å². The molecule has 0 bridgehead atoms. The van der Waals surface area contributed by atoms with Crippen LogP contribution < -0.4 is 10.1 Å². The van der Waals surface area contributed by atoms with Crippen molar-refractivity contribution in [2.75, 3.05) is 13.2 Å². The number of nitrogens with one attached hydrogen (secondary N) is 1. The SMILES string of the molecule is O=C(O)NCc1cncc(OCCO)c1. The van der Waals surface area contributed by atoms with Crippen molar-refractivity contribution in [3.05, 3.63) is 24.0 Å². The Kier molecular flexibility index (Phi) is 4.36. The highest BCUT2D eigenvalue weighted by atomic mass is 16.5. The van der Waals surface area contributed by atoms with Gasteiger partial charge in [0.15, 0.2) is 0 Å². The summed E-state index contributed by atoms with van der Waals surface area (Å²) in [6, 6.07) is 1.67. The van der Waals surface area contributed by atoms with Crippen molar-refractivity contribution in [3.63, 3.8) is 0 Å². The van der Waals surface area contributed by atoms with E-state index in [-0.39, 0.29) is 19.8 Å². The van der Waals surface area contributed by atoms with Crippen LogP contribution in [0, 0.1) is 0 Å². The van der Waals surface area contributed by atoms with Gasteiger partial charge in [-0.3, -0.25) is 4.98 Å². The molecule has 0 aliphatic carbocycles. The lowest BCUT2D eigenvalue weighted by atomic mass is 10.3. The van der Waals surface area contributed by atoms with Gasteiger partial charge in [0.25, 0.3) is 0 Å². The Balaban J connectivity index is 2.53. The van der Waals surface area contributed by atoms with Crippen molar-refractivity contribution in [2.45, 2.75) is 6.54 Å². The van der Waals surface area contributed by atoms with Crippen molar-refractivity contribution < 1.29 is 19.7 Å². The van der Waals surface area contributed by atoms with Crippen LogP contribution in [0.3, 0.4) is 0 Å². The van der Waals surface area contributed by atoms with Crippen LogP contribution in [0.15, 0.2) is 18.5 Å². The number of aliphatic hydroxyl groups is 1. The maximum Gasteiger partial charge on any atom is 0.404 e. The summed E-state index contributed by atoms with van der Waals surface area (Å²) in [4.78, 5) is 14.1. The van der Waals surface area contributed by atoms with Crippen molar-refractivity contribution in [3.8, 4) is 5.75 Å². The first-order valence-electron chi connectivity index (χ1n) is 4.36. The summed E-state index contributed by atoms with van der Waals surface area (Å²) in [5, 5.41) is 19.1. The van der Waals surface area contributed by atoms with E-state index >= 15 is 0 Å². The van der Waals surface area contributed by atoms with Gasteiger partial charge in [0.1, 0.15) is 12.4 Å². The molecule has 0 saturated carbocycles. The molecule has 0 aliphatic rings. The maximum absolute atomic E-state index is 10.2. The molecule has 15 heavy (non-hydrogen) atoms. The smallest absolute Gasteiger partial charge is 0.404 e. The van der Waals surface area contributed by atoms with E-state index in [0.717, 1.165) is 0 Å². The minimum absolute atomic E-state index is 0.0718. The van der Waals surface area contributed by atoms with Crippen molar-refractivity contribution in [1.82, 2.24) is 10.3 Å². The number of carbonyl (C=O) groups is 1. The third kappa shape index (κ3) is 4.28. The lowest BCUT2D eigenvalue weighted by molar-refractivity contribution is 0.194. The number of carboxylic acid groups (broad SMARTS) is 1. The molecular weight excluding hydrogens is 200 g/mol. The largest absolute Gasteiger partial charge is 0.490 e. The van der Waals surface area contributed by atoms with Crippen molar-refractivity contribution in [2.24, 2.45) is 0 Å². The van der Waals surface area contributed by atoms with Crippen LogP contribution in [-0.4, -0.2) is 34.5 Å². The molecule has 1 heterocycles. The quantitative estimate of drug-likeness (QED) is 0.649. The van der Waals surface area contributed by atoms with E-state index in [4.69, 9.17) is 14.9 Å². The van der Waals surface area contributed by atoms with Gasteiger partial charge in [-0.15, -0.1) is 0 Å². The van der Waals surface area contributed by atoms with Gasteiger partial charge in [0, 0.05) is 12.7 Å². The molecular formula is C9H12N2O4. The number of amides is 1. The number of aliphatic hydroxyl groups excluding tert-OH is 1. The molecule has 82 valence electrons. The van der Waals surface area contributed by atoms with Crippen LogP contribution in [0.1, 0.15) is 5.56 Å². The number of rotatable bonds is 5. The van der Waals surface area contributed by atoms with E-state index in [1.54, 1.807) is 12.3 Å². The van der Waals surface area contributed by atoms with E-state index in [9.17, 15) is 4.79 Å². The summed E-state index contributed by atoms with van der Waals surface area (Å²) < 4.78 is 5.11. The Morgan fingerprint density at radius 2 is 2.33 bits per heavy atom. The number of pyridine rings is 1. The predicted molar refractivity (Wildman–Crippen MR) is 51.7 cm³/mol. The van der Waals surface area contributed by atoms with Gasteiger partial charge in [0.2, 0.25) is 0 Å². The maximum atomic E-state index is 10.2. The monoisotopic (exact) mass is 212 g/mol.